The van der Waals surface area contributed by atoms with Crippen LogP contribution in [0.3, 0.4) is 0 Å². The molecule has 5 nitrogen and oxygen atoms in total. The van der Waals surface area contributed by atoms with Crippen molar-refractivity contribution in [2.45, 2.75) is 58.9 Å². The van der Waals surface area contributed by atoms with Gasteiger partial charge in [-0.2, -0.15) is 0 Å². The topological polar surface area (TPSA) is 56.3 Å². The van der Waals surface area contributed by atoms with Gasteiger partial charge in [0.1, 0.15) is 5.65 Å². The molecular weight excluding hydrogens is 324 g/mol. The van der Waals surface area contributed by atoms with Gasteiger partial charge < -0.3 is 15.0 Å². The van der Waals surface area contributed by atoms with Crippen LogP contribution in [-0.2, 0) is 24.1 Å². The molecular formula is C21H32N4O. The van der Waals surface area contributed by atoms with Gasteiger partial charge in [0.15, 0.2) is 0 Å². The highest BCUT2D eigenvalue weighted by Gasteiger charge is 2.21. The summed E-state index contributed by atoms with van der Waals surface area (Å²) in [5, 5.41) is 1.20. The molecule has 2 N–H and O–H groups in total. The molecule has 26 heavy (non-hydrogen) atoms. The van der Waals surface area contributed by atoms with Crippen molar-refractivity contribution in [1.29, 1.82) is 0 Å². The second-order valence-electron chi connectivity index (χ2n) is 7.88. The van der Waals surface area contributed by atoms with E-state index in [9.17, 15) is 0 Å². The van der Waals surface area contributed by atoms with E-state index in [0.29, 0.717) is 0 Å². The molecule has 0 atom stereocenters. The monoisotopic (exact) mass is 356 g/mol. The average molecular weight is 357 g/mol. The summed E-state index contributed by atoms with van der Waals surface area (Å²) in [6.07, 6.45) is 7.07. The van der Waals surface area contributed by atoms with Gasteiger partial charge >= 0.3 is 0 Å². The molecule has 4 rings (SSSR count). The van der Waals surface area contributed by atoms with Crippen LogP contribution in [0.5, 0.6) is 0 Å². The van der Waals surface area contributed by atoms with Crippen molar-refractivity contribution in [2.75, 3.05) is 38.6 Å². The van der Waals surface area contributed by atoms with E-state index >= 15 is 0 Å². The van der Waals surface area contributed by atoms with E-state index in [0.717, 1.165) is 70.0 Å². The van der Waals surface area contributed by atoms with Crippen molar-refractivity contribution < 1.29 is 4.74 Å². The van der Waals surface area contributed by atoms with Crippen molar-refractivity contribution in [3.8, 4) is 0 Å². The molecule has 1 aliphatic heterocycles. The average Bonchev–Trinajstić information content (AvgIpc) is 2.82. The van der Waals surface area contributed by atoms with Crippen LogP contribution in [0.15, 0.2) is 0 Å². The van der Waals surface area contributed by atoms with E-state index in [1.807, 2.05) is 0 Å². The van der Waals surface area contributed by atoms with Crippen LogP contribution in [0.25, 0.3) is 11.0 Å². The summed E-state index contributed by atoms with van der Waals surface area (Å²) in [6, 6.07) is 0. The zero-order valence-corrected chi connectivity index (χ0v) is 16.3. The number of hydrogen-bond donors (Lipinski definition) is 1. The molecule has 0 radical (unpaired) electrons. The number of nitrogen functional groups attached to an aromatic ring is 1. The Balaban J connectivity index is 1.62. The van der Waals surface area contributed by atoms with Crippen molar-refractivity contribution in [2.24, 2.45) is 0 Å². The third-order valence-electron chi connectivity index (χ3n) is 6.29. The fourth-order valence-electron chi connectivity index (χ4n) is 4.59. The maximum absolute atomic E-state index is 6.66. The Hall–Kier alpha value is -1.59. The molecule has 5 heteroatoms. The fraction of sp³-hybridized carbons (Fsp3) is 0.667. The summed E-state index contributed by atoms with van der Waals surface area (Å²) in [7, 11) is 0. The SMILES string of the molecule is Cc1c(C)n(CCCN2CCOCC2)c2nc3c(c(N)c12)CCCCC3. The third kappa shape index (κ3) is 3.23. The van der Waals surface area contributed by atoms with Crippen molar-refractivity contribution in [3.05, 3.63) is 22.5 Å². The summed E-state index contributed by atoms with van der Waals surface area (Å²) in [4.78, 5) is 7.64. The molecule has 1 aliphatic carbocycles. The Morgan fingerprint density at radius 3 is 2.62 bits per heavy atom. The number of hydrogen-bond acceptors (Lipinski definition) is 4. The Labute approximate surface area is 156 Å². The molecule has 1 fully saturated rings. The van der Waals surface area contributed by atoms with Crippen LogP contribution in [0.1, 0.15) is 48.2 Å². The number of nitrogens with zero attached hydrogens (tertiary/aromatic N) is 3. The predicted molar refractivity (Wildman–Crippen MR) is 107 cm³/mol. The summed E-state index contributed by atoms with van der Waals surface area (Å²) in [5.74, 6) is 0. The number of fused-ring (bicyclic) bond motifs is 2. The summed E-state index contributed by atoms with van der Waals surface area (Å²) < 4.78 is 7.86. The van der Waals surface area contributed by atoms with Crippen LogP contribution in [0.2, 0.25) is 0 Å². The molecule has 0 bridgehead atoms. The second kappa shape index (κ2) is 7.57. The van der Waals surface area contributed by atoms with Gasteiger partial charge in [0.2, 0.25) is 0 Å². The molecule has 142 valence electrons. The first kappa shape index (κ1) is 17.8. The Morgan fingerprint density at radius 2 is 1.81 bits per heavy atom. The van der Waals surface area contributed by atoms with E-state index in [4.69, 9.17) is 15.5 Å². The van der Waals surface area contributed by atoms with Crippen LogP contribution in [0.4, 0.5) is 5.69 Å². The molecule has 1 saturated heterocycles. The highest BCUT2D eigenvalue weighted by Crippen LogP contribution is 2.35. The molecule has 2 aliphatic rings. The Kier molecular flexibility index (Phi) is 5.18. The van der Waals surface area contributed by atoms with Gasteiger partial charge in [0.25, 0.3) is 0 Å². The number of aryl methyl sites for hydroxylation is 3. The first-order chi connectivity index (χ1) is 12.7. The first-order valence-corrected chi connectivity index (χ1v) is 10.2. The number of rotatable bonds is 4. The lowest BCUT2D eigenvalue weighted by molar-refractivity contribution is 0.0369. The van der Waals surface area contributed by atoms with Crippen LogP contribution in [0, 0.1) is 13.8 Å². The lowest BCUT2D eigenvalue weighted by Crippen LogP contribution is -2.37. The lowest BCUT2D eigenvalue weighted by Gasteiger charge is -2.26. The van der Waals surface area contributed by atoms with E-state index in [1.165, 1.54) is 47.2 Å². The Morgan fingerprint density at radius 1 is 1.04 bits per heavy atom. The van der Waals surface area contributed by atoms with E-state index in [2.05, 4.69) is 23.3 Å². The van der Waals surface area contributed by atoms with Crippen LogP contribution < -0.4 is 5.73 Å². The van der Waals surface area contributed by atoms with Crippen molar-refractivity contribution in [3.63, 3.8) is 0 Å². The number of ether oxygens (including phenoxy) is 1. The van der Waals surface area contributed by atoms with Gasteiger partial charge in [-0.25, -0.2) is 4.98 Å². The smallest absolute Gasteiger partial charge is 0.142 e. The van der Waals surface area contributed by atoms with Gasteiger partial charge in [-0.15, -0.1) is 0 Å². The lowest BCUT2D eigenvalue weighted by atomic mass is 10.0. The van der Waals surface area contributed by atoms with Crippen molar-refractivity contribution >= 4 is 16.7 Å². The van der Waals surface area contributed by atoms with Gasteiger partial charge in [-0.3, -0.25) is 4.90 Å². The predicted octanol–water partition coefficient (Wildman–Crippen LogP) is 3.23. The first-order valence-electron chi connectivity index (χ1n) is 10.2. The highest BCUT2D eigenvalue weighted by molar-refractivity contribution is 5.95. The molecule has 0 amide bonds. The maximum atomic E-state index is 6.66. The minimum Gasteiger partial charge on any atom is -0.398 e. The number of morpholine rings is 1. The molecule has 0 saturated carbocycles. The largest absolute Gasteiger partial charge is 0.398 e. The summed E-state index contributed by atoms with van der Waals surface area (Å²) >= 11 is 0. The maximum Gasteiger partial charge on any atom is 0.142 e. The molecule has 3 heterocycles. The zero-order chi connectivity index (χ0) is 18.1. The summed E-state index contributed by atoms with van der Waals surface area (Å²) in [5.41, 5.74) is 14.0. The van der Waals surface area contributed by atoms with Crippen molar-refractivity contribution in [1.82, 2.24) is 14.5 Å². The summed E-state index contributed by atoms with van der Waals surface area (Å²) in [6.45, 7) is 10.4. The standard InChI is InChI=1S/C21H32N4O/c1-15-16(2)25(10-6-9-24-11-13-26-14-12-24)21-19(15)20(22)17-7-4-3-5-8-18(17)23-21/h3-14H2,1-2H3,(H2,22,23). The van der Waals surface area contributed by atoms with Gasteiger partial charge in [-0.05, 0) is 57.1 Å². The molecule has 0 aromatic carbocycles. The van der Waals surface area contributed by atoms with Crippen LogP contribution in [-0.4, -0.2) is 47.3 Å². The second-order valence-corrected chi connectivity index (χ2v) is 7.88. The third-order valence-corrected chi connectivity index (χ3v) is 6.29. The van der Waals surface area contributed by atoms with Gasteiger partial charge in [-0.1, -0.05) is 6.42 Å². The highest BCUT2D eigenvalue weighted by atomic mass is 16.5. The molecule has 2 aromatic rings. The minimum absolute atomic E-state index is 0.870. The number of aromatic nitrogens is 2. The normalized spacial score (nSPS) is 18.8. The van der Waals surface area contributed by atoms with E-state index in [1.54, 1.807) is 0 Å². The quantitative estimate of drug-likeness (QED) is 0.855. The number of anilines is 1. The molecule has 2 aromatic heterocycles. The molecule has 0 unspecified atom stereocenters. The zero-order valence-electron chi connectivity index (χ0n) is 16.3. The van der Waals surface area contributed by atoms with Crippen LogP contribution >= 0.6 is 0 Å². The minimum atomic E-state index is 0.870. The van der Waals surface area contributed by atoms with Gasteiger partial charge in [0.05, 0.1) is 13.2 Å². The number of pyridine rings is 1. The van der Waals surface area contributed by atoms with E-state index in [-0.39, 0.29) is 0 Å². The number of nitrogens with two attached hydrogens (primary N) is 1. The Bertz CT molecular complexity index is 789. The van der Waals surface area contributed by atoms with E-state index < -0.39 is 0 Å². The van der Waals surface area contributed by atoms with Gasteiger partial charge in [0, 0.05) is 48.6 Å². The fourth-order valence-corrected chi connectivity index (χ4v) is 4.59. The molecule has 0 spiro atoms.